The van der Waals surface area contributed by atoms with E-state index in [2.05, 4.69) is 30.6 Å². The van der Waals surface area contributed by atoms with Crippen molar-refractivity contribution in [3.63, 3.8) is 0 Å². The third kappa shape index (κ3) is 7.34. The number of halogens is 6. The first-order valence-corrected chi connectivity index (χ1v) is 14.7. The largest absolute Gasteiger partial charge is 0.435 e. The van der Waals surface area contributed by atoms with Crippen LogP contribution >= 0.6 is 0 Å². The summed E-state index contributed by atoms with van der Waals surface area (Å²) >= 11 is 0. The molecule has 1 aliphatic heterocycles. The van der Waals surface area contributed by atoms with E-state index >= 15 is 4.39 Å². The van der Waals surface area contributed by atoms with Crippen LogP contribution < -0.4 is 20.1 Å². The monoisotopic (exact) mass is 639 g/mol. The molecule has 1 aliphatic rings. The first kappa shape index (κ1) is 30.9. The predicted molar refractivity (Wildman–Crippen MR) is 147 cm³/mol. The van der Waals surface area contributed by atoms with Gasteiger partial charge in [0.05, 0.1) is 17.0 Å². The summed E-state index contributed by atoms with van der Waals surface area (Å²) in [5, 5.41) is 6.49. The number of anilines is 2. The number of pyridine rings is 2. The molecule has 5 rings (SSSR count). The molecular weight excluding hydrogens is 616 g/mol. The van der Waals surface area contributed by atoms with Crippen LogP contribution in [0, 0.1) is 17.5 Å². The predicted octanol–water partition coefficient (Wildman–Crippen LogP) is 5.27. The van der Waals surface area contributed by atoms with E-state index in [4.69, 9.17) is 4.74 Å². The lowest BCUT2D eigenvalue weighted by Crippen LogP contribution is -2.38. The molecule has 0 saturated carbocycles. The Kier molecular flexibility index (Phi) is 8.87. The van der Waals surface area contributed by atoms with Gasteiger partial charge in [-0.2, -0.15) is 17.6 Å². The number of rotatable bonds is 9. The highest BCUT2D eigenvalue weighted by Crippen LogP contribution is 2.36. The van der Waals surface area contributed by atoms with Crippen molar-refractivity contribution in [3.05, 3.63) is 83.7 Å². The number of hydrogen-bond acceptors (Lipinski definition) is 9. The molecule has 1 fully saturated rings. The number of piperidine rings is 1. The fraction of sp³-hybridized carbons (Fsp3) is 0.259. The number of aromatic nitrogens is 4. The third-order valence-corrected chi connectivity index (χ3v) is 7.62. The molecule has 4 heterocycles. The molecule has 17 heteroatoms. The van der Waals surface area contributed by atoms with Gasteiger partial charge in [-0.3, -0.25) is 9.71 Å². The van der Waals surface area contributed by atoms with E-state index in [1.807, 2.05) is 0 Å². The second-order valence-corrected chi connectivity index (χ2v) is 11.4. The van der Waals surface area contributed by atoms with E-state index in [9.17, 15) is 30.4 Å². The van der Waals surface area contributed by atoms with Gasteiger partial charge >= 0.3 is 6.18 Å². The Morgan fingerprint density at radius 2 is 1.84 bits per heavy atom. The van der Waals surface area contributed by atoms with Crippen LogP contribution in [-0.4, -0.2) is 47.5 Å². The van der Waals surface area contributed by atoms with E-state index < -0.39 is 56.5 Å². The summed E-state index contributed by atoms with van der Waals surface area (Å²) in [5.41, 5.74) is -2.26. The zero-order valence-corrected chi connectivity index (χ0v) is 23.3. The van der Waals surface area contributed by atoms with Crippen molar-refractivity contribution >= 4 is 21.7 Å². The maximum atomic E-state index is 15.1. The molecule has 0 bridgehead atoms. The molecule has 0 aliphatic carbocycles. The van der Waals surface area contributed by atoms with Gasteiger partial charge in [0.2, 0.25) is 27.7 Å². The molecule has 1 unspecified atom stereocenters. The number of hydrogen-bond donors (Lipinski definition) is 3. The minimum atomic E-state index is -4.75. The first-order chi connectivity index (χ1) is 20.9. The highest BCUT2D eigenvalue weighted by atomic mass is 32.2. The van der Waals surface area contributed by atoms with E-state index in [1.54, 1.807) is 16.9 Å². The van der Waals surface area contributed by atoms with Gasteiger partial charge in [-0.25, -0.2) is 32.2 Å². The summed E-state index contributed by atoms with van der Waals surface area (Å²) in [7, 11) is -4.62. The van der Waals surface area contributed by atoms with Crippen molar-refractivity contribution in [2.24, 2.45) is 0 Å². The Bertz CT molecular complexity index is 1750. The minimum Gasteiger partial charge on any atom is -0.435 e. The summed E-state index contributed by atoms with van der Waals surface area (Å²) < 4.78 is 115. The average molecular weight is 640 g/mol. The summed E-state index contributed by atoms with van der Waals surface area (Å²) in [6, 6.07) is 6.55. The second kappa shape index (κ2) is 12.6. The molecular formula is C27H23F6N7O3S. The first-order valence-electron chi connectivity index (χ1n) is 13.0. The Morgan fingerprint density at radius 1 is 1.02 bits per heavy atom. The van der Waals surface area contributed by atoms with Crippen molar-refractivity contribution < 1.29 is 39.5 Å². The van der Waals surface area contributed by atoms with Crippen LogP contribution in [0.4, 0.5) is 38.0 Å². The summed E-state index contributed by atoms with van der Waals surface area (Å²) in [6.07, 6.45) is 0.584. The van der Waals surface area contributed by atoms with Crippen molar-refractivity contribution in [3.8, 4) is 22.9 Å². The van der Waals surface area contributed by atoms with Crippen molar-refractivity contribution in [1.29, 1.82) is 0 Å². The molecule has 3 N–H and O–H groups in total. The van der Waals surface area contributed by atoms with Crippen molar-refractivity contribution in [2.75, 3.05) is 23.1 Å². The number of nitrogens with one attached hydrogen (secondary N) is 3. The van der Waals surface area contributed by atoms with Gasteiger partial charge in [0, 0.05) is 37.2 Å². The molecule has 1 aromatic carbocycles. The summed E-state index contributed by atoms with van der Waals surface area (Å²) in [5.74, 6) is -7.04. The SMILES string of the molecule is O=S(=O)(Cc1ccc(C(F)(F)F)nc1)Nc1c(F)cc(Oc2ncccc2-c2ccnc(NC3CCCNC3)n2)c(F)c1F. The van der Waals surface area contributed by atoms with Crippen LogP contribution in [0.25, 0.3) is 11.3 Å². The molecule has 0 amide bonds. The highest BCUT2D eigenvalue weighted by Gasteiger charge is 2.32. The standard InChI is InChI=1S/C27H23F6N7O3S/c28-18-11-20(22(29)23(30)24(18)40-44(41,42)14-15-5-6-21(37-12-15)27(31,32)33)43-25-17(4-2-9-35-25)19-7-10-36-26(39-19)38-16-3-1-8-34-13-16/h2,4-7,9-12,16,34,40H,1,3,8,13-14H2,(H,36,38,39). The van der Waals surface area contributed by atoms with E-state index in [0.29, 0.717) is 30.0 Å². The van der Waals surface area contributed by atoms with Gasteiger partial charge in [-0.05, 0) is 49.2 Å². The number of sulfonamides is 1. The lowest BCUT2D eigenvalue weighted by molar-refractivity contribution is -0.141. The molecule has 3 aromatic heterocycles. The van der Waals surface area contributed by atoms with Gasteiger partial charge in [0.15, 0.2) is 17.4 Å². The smallest absolute Gasteiger partial charge is 0.433 e. The van der Waals surface area contributed by atoms with E-state index in [1.165, 1.54) is 18.5 Å². The molecule has 0 radical (unpaired) electrons. The lowest BCUT2D eigenvalue weighted by atomic mass is 10.1. The number of alkyl halides is 3. The highest BCUT2D eigenvalue weighted by molar-refractivity contribution is 7.91. The zero-order valence-electron chi connectivity index (χ0n) is 22.5. The van der Waals surface area contributed by atoms with Gasteiger partial charge in [-0.15, -0.1) is 0 Å². The average Bonchev–Trinajstić information content (AvgIpc) is 2.98. The van der Waals surface area contributed by atoms with Gasteiger partial charge < -0.3 is 15.4 Å². The number of ether oxygens (including phenoxy) is 1. The Labute approximate surface area is 247 Å². The third-order valence-electron chi connectivity index (χ3n) is 6.39. The van der Waals surface area contributed by atoms with Crippen LogP contribution in [-0.2, 0) is 22.0 Å². The fourth-order valence-electron chi connectivity index (χ4n) is 4.34. The second-order valence-electron chi connectivity index (χ2n) is 9.68. The van der Waals surface area contributed by atoms with E-state index in [0.717, 1.165) is 32.0 Å². The number of benzene rings is 1. The zero-order chi connectivity index (χ0) is 31.5. The minimum absolute atomic E-state index is 0.103. The number of nitrogens with zero attached hydrogens (tertiary/aromatic N) is 4. The van der Waals surface area contributed by atoms with Crippen molar-refractivity contribution in [1.82, 2.24) is 25.3 Å². The lowest BCUT2D eigenvalue weighted by Gasteiger charge is -2.23. The fourth-order valence-corrected chi connectivity index (χ4v) is 5.52. The Hall–Kier alpha value is -4.51. The molecule has 1 atom stereocenters. The van der Waals surface area contributed by atoms with Gasteiger partial charge in [-0.1, -0.05) is 6.07 Å². The summed E-state index contributed by atoms with van der Waals surface area (Å²) in [4.78, 5) is 15.8. The van der Waals surface area contributed by atoms with Crippen LogP contribution in [0.3, 0.4) is 0 Å². The molecule has 10 nitrogen and oxygen atoms in total. The normalized spacial score (nSPS) is 15.5. The van der Waals surface area contributed by atoms with E-state index in [-0.39, 0.29) is 23.0 Å². The van der Waals surface area contributed by atoms with Gasteiger partial charge in [0.25, 0.3) is 0 Å². The Balaban J connectivity index is 1.35. The topological polar surface area (TPSA) is 131 Å². The van der Waals surface area contributed by atoms with Crippen molar-refractivity contribution in [2.45, 2.75) is 30.8 Å². The molecule has 4 aromatic rings. The van der Waals surface area contributed by atoms with Gasteiger partial charge in [0.1, 0.15) is 11.4 Å². The molecule has 1 saturated heterocycles. The van der Waals surface area contributed by atoms with Crippen LogP contribution in [0.5, 0.6) is 11.6 Å². The Morgan fingerprint density at radius 3 is 2.55 bits per heavy atom. The summed E-state index contributed by atoms with van der Waals surface area (Å²) in [6.45, 7) is 1.64. The van der Waals surface area contributed by atoms with Crippen LogP contribution in [0.15, 0.2) is 55.0 Å². The maximum Gasteiger partial charge on any atom is 0.433 e. The molecule has 44 heavy (non-hydrogen) atoms. The quantitative estimate of drug-likeness (QED) is 0.166. The molecule has 0 spiro atoms. The van der Waals surface area contributed by atoms with Crippen LogP contribution in [0.2, 0.25) is 0 Å². The van der Waals surface area contributed by atoms with Crippen LogP contribution in [0.1, 0.15) is 24.1 Å². The maximum absolute atomic E-state index is 15.1. The molecule has 232 valence electrons.